The van der Waals surface area contributed by atoms with Gasteiger partial charge in [-0.05, 0) is 6.07 Å². The van der Waals surface area contributed by atoms with Gasteiger partial charge < -0.3 is 9.47 Å². The number of ether oxygens (including phenoxy) is 2. The zero-order valence-corrected chi connectivity index (χ0v) is 9.22. The van der Waals surface area contributed by atoms with Crippen molar-refractivity contribution >= 4 is 11.6 Å². The molecular weight excluding hydrogens is 230 g/mol. The van der Waals surface area contributed by atoms with Crippen LogP contribution in [0, 0.1) is 10.1 Å². The molecule has 0 heterocycles. The van der Waals surface area contributed by atoms with Crippen LogP contribution in [-0.2, 0) is 0 Å². The summed E-state index contributed by atoms with van der Waals surface area (Å²) in [5.41, 5.74) is 1.52. The standard InChI is InChI=1S/C9H11N3O5/c1-16-7-4-5(9(13)11-10)3-6(12(14)15)8(7)17-2/h3-4H,10H2,1-2H3,(H,11,13). The molecule has 0 saturated heterocycles. The summed E-state index contributed by atoms with van der Waals surface area (Å²) in [6.45, 7) is 0. The number of nitrogen functional groups attached to an aromatic ring is 1. The van der Waals surface area contributed by atoms with Gasteiger partial charge in [-0.25, -0.2) is 5.84 Å². The first kappa shape index (κ1) is 12.7. The summed E-state index contributed by atoms with van der Waals surface area (Å²) < 4.78 is 9.78. The van der Waals surface area contributed by atoms with Crippen molar-refractivity contribution in [2.45, 2.75) is 0 Å². The molecule has 8 nitrogen and oxygen atoms in total. The number of methoxy groups -OCH3 is 2. The molecule has 0 fully saturated rings. The van der Waals surface area contributed by atoms with Crippen LogP contribution in [-0.4, -0.2) is 25.1 Å². The van der Waals surface area contributed by atoms with E-state index < -0.39 is 10.8 Å². The van der Waals surface area contributed by atoms with Gasteiger partial charge in [-0.3, -0.25) is 20.3 Å². The van der Waals surface area contributed by atoms with Crippen LogP contribution in [0.25, 0.3) is 0 Å². The van der Waals surface area contributed by atoms with Crippen LogP contribution < -0.4 is 20.7 Å². The number of nitro benzene ring substituents is 1. The molecule has 0 atom stereocenters. The molecule has 3 N–H and O–H groups in total. The first-order valence-corrected chi connectivity index (χ1v) is 4.46. The average molecular weight is 241 g/mol. The normalized spacial score (nSPS) is 9.59. The van der Waals surface area contributed by atoms with E-state index in [4.69, 9.17) is 15.3 Å². The Morgan fingerprint density at radius 1 is 1.41 bits per heavy atom. The molecule has 17 heavy (non-hydrogen) atoms. The molecule has 0 radical (unpaired) electrons. The molecule has 1 aromatic rings. The van der Waals surface area contributed by atoms with Crippen LogP contribution in [0.3, 0.4) is 0 Å². The van der Waals surface area contributed by atoms with E-state index in [1.54, 1.807) is 0 Å². The van der Waals surface area contributed by atoms with E-state index in [1.165, 1.54) is 20.3 Å². The lowest BCUT2D eigenvalue weighted by atomic mass is 10.1. The van der Waals surface area contributed by atoms with Gasteiger partial charge in [0.25, 0.3) is 5.91 Å². The molecule has 0 bridgehead atoms. The Kier molecular flexibility index (Phi) is 3.83. The summed E-state index contributed by atoms with van der Waals surface area (Å²) in [4.78, 5) is 21.4. The number of nitro groups is 1. The predicted octanol–water partition coefficient (Wildman–Crippen LogP) is 0.216. The minimum Gasteiger partial charge on any atom is -0.493 e. The van der Waals surface area contributed by atoms with Crippen molar-refractivity contribution < 1.29 is 19.2 Å². The maximum Gasteiger partial charge on any atom is 0.315 e. The number of hydrogen-bond acceptors (Lipinski definition) is 6. The molecule has 92 valence electrons. The second kappa shape index (κ2) is 5.12. The number of hydrogen-bond donors (Lipinski definition) is 2. The summed E-state index contributed by atoms with van der Waals surface area (Å²) in [7, 11) is 2.58. The van der Waals surface area contributed by atoms with Crippen molar-refractivity contribution in [3.05, 3.63) is 27.8 Å². The lowest BCUT2D eigenvalue weighted by molar-refractivity contribution is -0.385. The summed E-state index contributed by atoms with van der Waals surface area (Å²) in [5, 5.41) is 10.8. The Morgan fingerprint density at radius 2 is 2.06 bits per heavy atom. The lowest BCUT2D eigenvalue weighted by Gasteiger charge is -2.09. The van der Waals surface area contributed by atoms with Crippen LogP contribution in [0.1, 0.15) is 10.4 Å². The molecule has 0 aliphatic heterocycles. The van der Waals surface area contributed by atoms with E-state index in [2.05, 4.69) is 0 Å². The van der Waals surface area contributed by atoms with Gasteiger partial charge in [0.2, 0.25) is 5.75 Å². The van der Waals surface area contributed by atoms with Gasteiger partial charge in [-0.2, -0.15) is 0 Å². The van der Waals surface area contributed by atoms with E-state index in [0.29, 0.717) is 0 Å². The van der Waals surface area contributed by atoms with Crippen molar-refractivity contribution in [2.75, 3.05) is 14.2 Å². The van der Waals surface area contributed by atoms with Crippen molar-refractivity contribution in [3.8, 4) is 11.5 Å². The van der Waals surface area contributed by atoms with Gasteiger partial charge in [0.05, 0.1) is 24.7 Å². The fraction of sp³-hybridized carbons (Fsp3) is 0.222. The van der Waals surface area contributed by atoms with Gasteiger partial charge in [-0.1, -0.05) is 0 Å². The number of carbonyl (C=O) groups is 1. The summed E-state index contributed by atoms with van der Waals surface area (Å²) in [6, 6.07) is 2.36. The third-order valence-corrected chi connectivity index (χ3v) is 2.05. The number of nitrogens with two attached hydrogens (primary N) is 1. The zero-order valence-electron chi connectivity index (χ0n) is 9.22. The fourth-order valence-electron chi connectivity index (χ4n) is 1.29. The van der Waals surface area contributed by atoms with E-state index in [1.807, 2.05) is 5.43 Å². The Balaban J connectivity index is 3.45. The fourth-order valence-corrected chi connectivity index (χ4v) is 1.29. The molecule has 1 rings (SSSR count). The maximum absolute atomic E-state index is 11.3. The van der Waals surface area contributed by atoms with Crippen molar-refractivity contribution in [1.82, 2.24) is 5.43 Å². The molecule has 0 aliphatic rings. The summed E-state index contributed by atoms with van der Waals surface area (Å²) in [5.74, 6) is 4.33. The predicted molar refractivity (Wildman–Crippen MR) is 57.9 cm³/mol. The van der Waals surface area contributed by atoms with Crippen LogP contribution >= 0.6 is 0 Å². The highest BCUT2D eigenvalue weighted by atomic mass is 16.6. The van der Waals surface area contributed by atoms with Gasteiger partial charge >= 0.3 is 5.69 Å². The highest BCUT2D eigenvalue weighted by molar-refractivity contribution is 5.95. The molecule has 0 aromatic heterocycles. The number of nitrogens with zero attached hydrogens (tertiary/aromatic N) is 1. The van der Waals surface area contributed by atoms with Crippen LogP contribution in [0.4, 0.5) is 5.69 Å². The SMILES string of the molecule is COc1cc(C(=O)NN)cc([N+](=O)[O-])c1OC. The Labute approximate surface area is 96.4 Å². The second-order valence-corrected chi connectivity index (χ2v) is 2.96. The molecule has 0 spiro atoms. The van der Waals surface area contributed by atoms with Crippen molar-refractivity contribution in [3.63, 3.8) is 0 Å². The van der Waals surface area contributed by atoms with E-state index >= 15 is 0 Å². The first-order valence-electron chi connectivity index (χ1n) is 4.46. The van der Waals surface area contributed by atoms with Crippen LogP contribution in [0.5, 0.6) is 11.5 Å². The van der Waals surface area contributed by atoms with Crippen LogP contribution in [0.2, 0.25) is 0 Å². The van der Waals surface area contributed by atoms with E-state index in [0.717, 1.165) is 6.07 Å². The minimum atomic E-state index is -0.672. The highest BCUT2D eigenvalue weighted by Gasteiger charge is 2.23. The molecule has 0 saturated carbocycles. The van der Waals surface area contributed by atoms with Gasteiger partial charge in [0.1, 0.15) is 0 Å². The number of carbonyl (C=O) groups excluding carboxylic acids is 1. The van der Waals surface area contributed by atoms with Gasteiger partial charge in [0, 0.05) is 6.07 Å². The number of rotatable bonds is 4. The Bertz CT molecular complexity index is 460. The molecule has 1 amide bonds. The smallest absolute Gasteiger partial charge is 0.315 e. The zero-order chi connectivity index (χ0) is 13.0. The summed E-state index contributed by atoms with van der Waals surface area (Å²) in [6.07, 6.45) is 0. The highest BCUT2D eigenvalue weighted by Crippen LogP contribution is 2.37. The minimum absolute atomic E-state index is 0.0110. The third kappa shape index (κ3) is 2.42. The number of hydrazine groups is 1. The molecule has 0 aliphatic carbocycles. The molecule has 0 unspecified atom stereocenters. The first-order chi connectivity index (χ1) is 8.04. The lowest BCUT2D eigenvalue weighted by Crippen LogP contribution is -2.30. The van der Waals surface area contributed by atoms with Crippen molar-refractivity contribution in [1.29, 1.82) is 0 Å². The summed E-state index contributed by atoms with van der Waals surface area (Å²) >= 11 is 0. The number of benzene rings is 1. The topological polar surface area (TPSA) is 117 Å². The number of nitrogens with one attached hydrogen (secondary N) is 1. The van der Waals surface area contributed by atoms with Crippen LogP contribution in [0.15, 0.2) is 12.1 Å². The van der Waals surface area contributed by atoms with E-state index in [-0.39, 0.29) is 22.7 Å². The molecule has 1 aromatic carbocycles. The Morgan fingerprint density at radius 3 is 2.47 bits per heavy atom. The monoisotopic (exact) mass is 241 g/mol. The number of amides is 1. The van der Waals surface area contributed by atoms with Gasteiger partial charge in [-0.15, -0.1) is 0 Å². The maximum atomic E-state index is 11.3. The molecule has 8 heteroatoms. The van der Waals surface area contributed by atoms with Gasteiger partial charge in [0.15, 0.2) is 5.75 Å². The quantitative estimate of drug-likeness (QED) is 0.337. The Hall–Kier alpha value is -2.35. The second-order valence-electron chi connectivity index (χ2n) is 2.96. The third-order valence-electron chi connectivity index (χ3n) is 2.05. The van der Waals surface area contributed by atoms with E-state index in [9.17, 15) is 14.9 Å². The largest absolute Gasteiger partial charge is 0.493 e. The van der Waals surface area contributed by atoms with Crippen molar-refractivity contribution in [2.24, 2.45) is 5.84 Å². The molecular formula is C9H11N3O5. The average Bonchev–Trinajstić information content (AvgIpc) is 2.35.